The van der Waals surface area contributed by atoms with Gasteiger partial charge in [-0.3, -0.25) is 9.19 Å². The molecular weight excluding hydrogens is 280 g/mol. The number of hydrogen-bond donors (Lipinski definition) is 1. The van der Waals surface area contributed by atoms with E-state index >= 15 is 0 Å². The van der Waals surface area contributed by atoms with Crippen LogP contribution in [0.2, 0.25) is 0 Å². The van der Waals surface area contributed by atoms with Gasteiger partial charge in [0.25, 0.3) is 0 Å². The van der Waals surface area contributed by atoms with E-state index in [1.54, 1.807) is 6.26 Å². The smallest absolute Gasteiger partial charge is 0.0579 e. The molecule has 1 aromatic heterocycles. The van der Waals surface area contributed by atoms with E-state index in [0.29, 0.717) is 6.04 Å². The second-order valence-electron chi connectivity index (χ2n) is 5.26. The zero-order valence-corrected chi connectivity index (χ0v) is 13.3. The highest BCUT2D eigenvalue weighted by atomic mass is 32.2. The van der Waals surface area contributed by atoms with Crippen LogP contribution in [0.1, 0.15) is 30.5 Å². The van der Waals surface area contributed by atoms with Crippen LogP contribution in [-0.4, -0.2) is 27.2 Å². The molecule has 0 spiro atoms. The Morgan fingerprint density at radius 3 is 2.33 bits per heavy atom. The maximum Gasteiger partial charge on any atom is 0.0579 e. The van der Waals surface area contributed by atoms with Crippen molar-refractivity contribution in [1.82, 2.24) is 10.3 Å². The van der Waals surface area contributed by atoms with Gasteiger partial charge in [-0.1, -0.05) is 30.3 Å². The number of hydrogen-bond acceptors (Lipinski definition) is 3. The van der Waals surface area contributed by atoms with Gasteiger partial charge in [0.05, 0.1) is 6.04 Å². The molecule has 3 nitrogen and oxygen atoms in total. The highest BCUT2D eigenvalue weighted by Crippen LogP contribution is 2.22. The predicted molar refractivity (Wildman–Crippen MR) is 88.7 cm³/mol. The summed E-state index contributed by atoms with van der Waals surface area (Å²) < 4.78 is 11.2. The Balaban J connectivity index is 2.15. The highest BCUT2D eigenvalue weighted by Gasteiger charge is 2.16. The molecule has 2 aromatic rings. The molecule has 2 rings (SSSR count). The van der Waals surface area contributed by atoms with Crippen molar-refractivity contribution in [3.05, 3.63) is 66.0 Å². The molecule has 0 saturated carbocycles. The molecule has 0 aliphatic carbocycles. The number of nitrogens with one attached hydrogen (secondary N) is 1. The molecule has 0 bridgehead atoms. The van der Waals surface area contributed by atoms with Gasteiger partial charge in [0, 0.05) is 41.2 Å². The van der Waals surface area contributed by atoms with Crippen LogP contribution < -0.4 is 5.32 Å². The molecule has 4 heteroatoms. The molecule has 112 valence electrons. The van der Waals surface area contributed by atoms with Crippen LogP contribution in [0.25, 0.3) is 0 Å². The zero-order valence-electron chi connectivity index (χ0n) is 12.5. The van der Waals surface area contributed by atoms with Gasteiger partial charge in [-0.25, -0.2) is 0 Å². The molecule has 0 radical (unpaired) electrons. The average Bonchev–Trinajstić information content (AvgIpc) is 2.52. The standard InChI is InChI=1S/C17H22N2OS/c1-14(10-13-21(2)20)19-17(15-6-4-3-5-7-15)16-8-11-18-12-9-16/h3-9,11-12,14,17,19H,10,13H2,1-2H3. The van der Waals surface area contributed by atoms with E-state index in [1.807, 2.05) is 30.6 Å². The number of benzene rings is 1. The summed E-state index contributed by atoms with van der Waals surface area (Å²) in [6, 6.07) is 14.9. The normalized spacial score (nSPS) is 15.3. The van der Waals surface area contributed by atoms with Gasteiger partial charge in [-0.2, -0.15) is 0 Å². The summed E-state index contributed by atoms with van der Waals surface area (Å²) in [6.07, 6.45) is 6.29. The predicted octanol–water partition coefficient (Wildman–Crippen LogP) is 2.92. The van der Waals surface area contributed by atoms with Crippen molar-refractivity contribution in [2.75, 3.05) is 12.0 Å². The first kappa shape index (κ1) is 15.9. The van der Waals surface area contributed by atoms with Crippen LogP contribution in [0.4, 0.5) is 0 Å². The summed E-state index contributed by atoms with van der Waals surface area (Å²) in [5.74, 6) is 0.728. The van der Waals surface area contributed by atoms with Crippen LogP contribution in [0.3, 0.4) is 0 Å². The van der Waals surface area contributed by atoms with Crippen molar-refractivity contribution >= 4 is 10.8 Å². The monoisotopic (exact) mass is 302 g/mol. The Kier molecular flexibility index (Phi) is 6.08. The van der Waals surface area contributed by atoms with Gasteiger partial charge in [0.2, 0.25) is 0 Å². The first-order valence-electron chi connectivity index (χ1n) is 7.17. The molecule has 1 heterocycles. The highest BCUT2D eigenvalue weighted by molar-refractivity contribution is 7.84. The van der Waals surface area contributed by atoms with Gasteiger partial charge >= 0.3 is 0 Å². The lowest BCUT2D eigenvalue weighted by Crippen LogP contribution is -2.32. The molecule has 1 aromatic carbocycles. The minimum Gasteiger partial charge on any atom is -0.304 e. The van der Waals surface area contributed by atoms with E-state index < -0.39 is 10.8 Å². The number of pyridine rings is 1. The van der Waals surface area contributed by atoms with Crippen LogP contribution in [0, 0.1) is 0 Å². The number of nitrogens with zero attached hydrogens (tertiary/aromatic N) is 1. The quantitative estimate of drug-likeness (QED) is 0.855. The molecule has 0 amide bonds. The van der Waals surface area contributed by atoms with Crippen LogP contribution in [0.15, 0.2) is 54.9 Å². The first-order chi connectivity index (χ1) is 10.2. The molecular formula is C17H22N2OS. The Morgan fingerprint density at radius 1 is 1.10 bits per heavy atom. The SMILES string of the molecule is CC(CCS(C)=O)NC(c1ccccc1)c1ccncc1. The fraction of sp³-hybridized carbons (Fsp3) is 0.353. The number of aromatic nitrogens is 1. The maximum absolute atomic E-state index is 11.2. The van der Waals surface area contributed by atoms with E-state index in [1.165, 1.54) is 11.1 Å². The van der Waals surface area contributed by atoms with Crippen molar-refractivity contribution in [2.45, 2.75) is 25.4 Å². The van der Waals surface area contributed by atoms with Crippen LogP contribution >= 0.6 is 0 Å². The first-order valence-corrected chi connectivity index (χ1v) is 8.90. The lowest BCUT2D eigenvalue weighted by molar-refractivity contribution is 0.488. The Hall–Kier alpha value is -1.52. The van der Waals surface area contributed by atoms with E-state index in [4.69, 9.17) is 0 Å². The largest absolute Gasteiger partial charge is 0.304 e. The van der Waals surface area contributed by atoms with Crippen molar-refractivity contribution in [2.24, 2.45) is 0 Å². The van der Waals surface area contributed by atoms with Gasteiger partial charge in [-0.15, -0.1) is 0 Å². The third-order valence-electron chi connectivity index (χ3n) is 3.46. The van der Waals surface area contributed by atoms with Gasteiger partial charge in [0.1, 0.15) is 0 Å². The Morgan fingerprint density at radius 2 is 1.71 bits per heavy atom. The third-order valence-corrected chi connectivity index (χ3v) is 4.27. The second-order valence-corrected chi connectivity index (χ2v) is 6.81. The van der Waals surface area contributed by atoms with Gasteiger partial charge < -0.3 is 5.32 Å². The van der Waals surface area contributed by atoms with Crippen LogP contribution in [0.5, 0.6) is 0 Å². The topological polar surface area (TPSA) is 42.0 Å². The van der Waals surface area contributed by atoms with E-state index in [-0.39, 0.29) is 6.04 Å². The van der Waals surface area contributed by atoms with Crippen LogP contribution in [-0.2, 0) is 10.8 Å². The lowest BCUT2D eigenvalue weighted by Gasteiger charge is -2.24. The van der Waals surface area contributed by atoms with E-state index in [0.717, 1.165) is 12.2 Å². The van der Waals surface area contributed by atoms with Gasteiger partial charge in [-0.05, 0) is 36.6 Å². The molecule has 0 saturated heterocycles. The fourth-order valence-electron chi connectivity index (χ4n) is 2.30. The average molecular weight is 302 g/mol. The van der Waals surface area contributed by atoms with Gasteiger partial charge in [0.15, 0.2) is 0 Å². The summed E-state index contributed by atoms with van der Waals surface area (Å²) in [6.45, 7) is 2.14. The molecule has 1 N–H and O–H groups in total. The molecule has 0 aliphatic rings. The Bertz CT molecular complexity index is 520. The van der Waals surface area contributed by atoms with Crippen molar-refractivity contribution in [3.63, 3.8) is 0 Å². The number of rotatable bonds is 7. The minimum absolute atomic E-state index is 0.134. The molecule has 0 fully saturated rings. The fourth-order valence-corrected chi connectivity index (χ4v) is 2.98. The summed E-state index contributed by atoms with van der Waals surface area (Å²) >= 11 is 0. The van der Waals surface area contributed by atoms with Crippen molar-refractivity contribution in [3.8, 4) is 0 Å². The zero-order chi connectivity index (χ0) is 15.1. The minimum atomic E-state index is -0.740. The maximum atomic E-state index is 11.2. The lowest BCUT2D eigenvalue weighted by atomic mass is 9.98. The molecule has 3 atom stereocenters. The van der Waals surface area contributed by atoms with E-state index in [2.05, 4.69) is 41.5 Å². The second kappa shape index (κ2) is 8.05. The van der Waals surface area contributed by atoms with E-state index in [9.17, 15) is 4.21 Å². The molecule has 0 aliphatic heterocycles. The molecule has 21 heavy (non-hydrogen) atoms. The molecule has 3 unspecified atom stereocenters. The summed E-state index contributed by atoms with van der Waals surface area (Å²) in [4.78, 5) is 4.09. The van der Waals surface area contributed by atoms with Crippen molar-refractivity contribution < 1.29 is 4.21 Å². The third kappa shape index (κ3) is 5.06. The summed E-state index contributed by atoms with van der Waals surface area (Å²) in [5.41, 5.74) is 2.42. The Labute approximate surface area is 129 Å². The summed E-state index contributed by atoms with van der Waals surface area (Å²) in [5, 5.41) is 3.64. The summed E-state index contributed by atoms with van der Waals surface area (Å²) in [7, 11) is -0.740. The van der Waals surface area contributed by atoms with Crippen molar-refractivity contribution in [1.29, 1.82) is 0 Å².